The van der Waals surface area contributed by atoms with Crippen LogP contribution < -0.4 is 10.6 Å². The van der Waals surface area contributed by atoms with E-state index in [1.54, 1.807) is 0 Å². The van der Waals surface area contributed by atoms with Crippen molar-refractivity contribution in [3.05, 3.63) is 57.3 Å². The van der Waals surface area contributed by atoms with Gasteiger partial charge in [-0.15, -0.1) is 0 Å². The highest BCUT2D eigenvalue weighted by Crippen LogP contribution is 2.40. The molecule has 0 saturated carbocycles. The molecule has 1 aliphatic carbocycles. The fourth-order valence-electron chi connectivity index (χ4n) is 4.92. The molecule has 1 aromatic carbocycles. The number of halogens is 1. The summed E-state index contributed by atoms with van der Waals surface area (Å²) in [6.45, 7) is 1.67. The van der Waals surface area contributed by atoms with Gasteiger partial charge in [-0.3, -0.25) is 4.79 Å². The van der Waals surface area contributed by atoms with Gasteiger partial charge in [-0.05, 0) is 36.1 Å². The van der Waals surface area contributed by atoms with Crippen LogP contribution in [0.2, 0.25) is 0 Å². The number of nitrogens with one attached hydrogen (secondary N) is 2. The Bertz CT molecular complexity index is 1180. The average molecular weight is 450 g/mol. The molecular weight excluding hydrogens is 430 g/mol. The number of nitrogens with zero attached hydrogens (tertiary/aromatic N) is 3. The van der Waals surface area contributed by atoms with Crippen LogP contribution in [-0.2, 0) is 26.3 Å². The zero-order chi connectivity index (χ0) is 19.8. The summed E-state index contributed by atoms with van der Waals surface area (Å²) in [4.78, 5) is 22.6. The second kappa shape index (κ2) is 6.00. The highest BCUT2D eigenvalue weighted by atomic mass is 79.9. The zero-order valence-electron chi connectivity index (χ0n) is 16.1. The molecule has 7 heteroatoms. The van der Waals surface area contributed by atoms with Gasteiger partial charge in [0.1, 0.15) is 0 Å². The molecule has 4 heterocycles. The Balaban J connectivity index is 1.52. The number of aryl methyl sites for hydroxylation is 1. The lowest BCUT2D eigenvalue weighted by Gasteiger charge is -2.45. The van der Waals surface area contributed by atoms with Crippen LogP contribution >= 0.6 is 15.9 Å². The highest BCUT2D eigenvalue weighted by molar-refractivity contribution is 9.10. The predicted molar refractivity (Wildman–Crippen MR) is 114 cm³/mol. The third-order valence-electron chi connectivity index (χ3n) is 6.49. The van der Waals surface area contributed by atoms with Gasteiger partial charge < -0.3 is 15.2 Å². The van der Waals surface area contributed by atoms with Crippen molar-refractivity contribution in [3.8, 4) is 22.8 Å². The van der Waals surface area contributed by atoms with E-state index < -0.39 is 0 Å². The summed E-state index contributed by atoms with van der Waals surface area (Å²) in [5, 5.41) is 6.56. The Hall–Kier alpha value is -2.51. The zero-order valence-corrected chi connectivity index (χ0v) is 17.6. The first-order chi connectivity index (χ1) is 14.0. The maximum atomic E-state index is 13.0. The molecule has 0 bridgehead atoms. The molecule has 0 atom stereocenters. The molecular formula is C22H20BrN5O. The van der Waals surface area contributed by atoms with E-state index in [1.807, 2.05) is 30.5 Å². The Kier molecular flexibility index (Phi) is 3.59. The first-order valence-electron chi connectivity index (χ1n) is 9.91. The number of aromatic nitrogens is 3. The van der Waals surface area contributed by atoms with E-state index in [0.717, 1.165) is 76.2 Å². The van der Waals surface area contributed by atoms with Gasteiger partial charge in [0.2, 0.25) is 0 Å². The molecule has 3 aliphatic rings. The minimum absolute atomic E-state index is 0.0650. The molecule has 6 nitrogen and oxygen atoms in total. The van der Waals surface area contributed by atoms with Crippen molar-refractivity contribution in [1.29, 1.82) is 0 Å². The molecule has 2 aromatic heterocycles. The van der Waals surface area contributed by atoms with Crippen LogP contribution in [0.25, 0.3) is 22.8 Å². The first-order valence-corrected chi connectivity index (χ1v) is 10.7. The molecule has 1 fully saturated rings. The molecule has 1 spiro atoms. The second-order valence-electron chi connectivity index (χ2n) is 8.30. The Morgan fingerprint density at radius 2 is 1.97 bits per heavy atom. The van der Waals surface area contributed by atoms with Crippen molar-refractivity contribution in [1.82, 2.24) is 25.2 Å². The van der Waals surface area contributed by atoms with Crippen LogP contribution in [0, 0.1) is 0 Å². The van der Waals surface area contributed by atoms with Gasteiger partial charge in [-0.2, -0.15) is 0 Å². The van der Waals surface area contributed by atoms with Crippen molar-refractivity contribution in [2.45, 2.75) is 24.8 Å². The number of amides is 1. The summed E-state index contributed by atoms with van der Waals surface area (Å²) in [6.07, 6.45) is 4.53. The summed E-state index contributed by atoms with van der Waals surface area (Å²) in [7, 11) is 2.08. The second-order valence-corrected chi connectivity index (χ2v) is 9.21. The van der Waals surface area contributed by atoms with Gasteiger partial charge in [0.15, 0.2) is 5.82 Å². The van der Waals surface area contributed by atoms with Gasteiger partial charge in [0.25, 0.3) is 5.91 Å². The lowest BCUT2D eigenvalue weighted by molar-refractivity contribution is 0.0824. The van der Waals surface area contributed by atoms with Gasteiger partial charge in [-0.1, -0.05) is 28.1 Å². The summed E-state index contributed by atoms with van der Waals surface area (Å²) >= 11 is 3.48. The first kappa shape index (κ1) is 17.4. The number of benzene rings is 1. The lowest BCUT2D eigenvalue weighted by atomic mass is 9.81. The summed E-state index contributed by atoms with van der Waals surface area (Å²) < 4.78 is 3.24. The molecule has 1 amide bonds. The number of hydrogen-bond donors (Lipinski definition) is 2. The minimum atomic E-state index is -0.129. The van der Waals surface area contributed by atoms with Crippen LogP contribution in [0.1, 0.15) is 27.2 Å². The molecule has 0 radical (unpaired) electrons. The van der Waals surface area contributed by atoms with Crippen molar-refractivity contribution in [2.24, 2.45) is 7.05 Å². The van der Waals surface area contributed by atoms with Crippen LogP contribution in [0.4, 0.5) is 0 Å². The normalized spacial score (nSPS) is 18.5. The fourth-order valence-corrected chi connectivity index (χ4v) is 5.18. The van der Waals surface area contributed by atoms with E-state index in [0.29, 0.717) is 5.82 Å². The Labute approximate surface area is 176 Å². The van der Waals surface area contributed by atoms with Gasteiger partial charge in [-0.25, -0.2) is 9.97 Å². The summed E-state index contributed by atoms with van der Waals surface area (Å²) in [5.41, 5.74) is 7.19. The van der Waals surface area contributed by atoms with Crippen molar-refractivity contribution < 1.29 is 4.79 Å². The third kappa shape index (κ3) is 2.47. The van der Waals surface area contributed by atoms with Crippen molar-refractivity contribution >= 4 is 21.8 Å². The fraction of sp³-hybridized carbons (Fsp3) is 0.318. The summed E-state index contributed by atoms with van der Waals surface area (Å²) in [5.74, 6) is 0.780. The topological polar surface area (TPSA) is 71.8 Å². The quantitative estimate of drug-likeness (QED) is 0.598. The number of carbonyl (C=O) groups is 1. The van der Waals surface area contributed by atoms with E-state index in [1.165, 1.54) is 0 Å². The van der Waals surface area contributed by atoms with E-state index in [2.05, 4.69) is 43.2 Å². The Morgan fingerprint density at radius 3 is 2.69 bits per heavy atom. The molecule has 3 aromatic rings. The van der Waals surface area contributed by atoms with Crippen LogP contribution in [0.15, 0.2) is 34.9 Å². The van der Waals surface area contributed by atoms with Crippen molar-refractivity contribution in [2.75, 3.05) is 13.1 Å². The van der Waals surface area contributed by atoms with Crippen LogP contribution in [0.5, 0.6) is 0 Å². The molecule has 29 heavy (non-hydrogen) atoms. The largest absolute Gasteiger partial charge is 0.345 e. The standard InChI is InChI=1S/C22H20BrN5O/c1-28-16-8-22(10-24-11-22)27-21(29)17(16)15-7-4-13-9-25-20(26-18(13)19(15)28)12-2-5-14(23)6-3-12/h2-3,5-6,9,24H,4,7-8,10-11H2,1H3,(H,27,29). The average Bonchev–Trinajstić information content (AvgIpc) is 3.00. The smallest absolute Gasteiger partial charge is 0.253 e. The number of hydrogen-bond acceptors (Lipinski definition) is 4. The highest BCUT2D eigenvalue weighted by Gasteiger charge is 2.46. The van der Waals surface area contributed by atoms with Crippen molar-refractivity contribution in [3.63, 3.8) is 0 Å². The van der Waals surface area contributed by atoms with E-state index in [4.69, 9.17) is 4.98 Å². The van der Waals surface area contributed by atoms with Gasteiger partial charge in [0.05, 0.1) is 22.5 Å². The van der Waals surface area contributed by atoms with Gasteiger partial charge in [0, 0.05) is 48.5 Å². The number of carbonyl (C=O) groups excluding carboxylic acids is 1. The predicted octanol–water partition coefficient (Wildman–Crippen LogP) is 2.64. The summed E-state index contributed by atoms with van der Waals surface area (Å²) in [6, 6.07) is 8.04. The third-order valence-corrected chi connectivity index (χ3v) is 7.02. The van der Waals surface area contributed by atoms with Crippen LogP contribution in [-0.4, -0.2) is 39.1 Å². The van der Waals surface area contributed by atoms with Crippen LogP contribution in [0.3, 0.4) is 0 Å². The molecule has 6 rings (SSSR count). The Morgan fingerprint density at radius 1 is 1.17 bits per heavy atom. The van der Waals surface area contributed by atoms with E-state index in [9.17, 15) is 4.79 Å². The van der Waals surface area contributed by atoms with Gasteiger partial charge >= 0.3 is 0 Å². The maximum Gasteiger partial charge on any atom is 0.253 e. The lowest BCUT2D eigenvalue weighted by Crippen LogP contribution is -2.71. The number of fused-ring (bicyclic) bond motifs is 5. The van der Waals surface area contributed by atoms with E-state index in [-0.39, 0.29) is 11.4 Å². The molecule has 2 N–H and O–H groups in total. The number of rotatable bonds is 1. The molecule has 2 aliphatic heterocycles. The monoisotopic (exact) mass is 449 g/mol. The molecule has 1 saturated heterocycles. The molecule has 146 valence electrons. The minimum Gasteiger partial charge on any atom is -0.345 e. The maximum absolute atomic E-state index is 13.0. The SMILES string of the molecule is Cn1c2c(c3c1-c1nc(-c4ccc(Br)cc4)ncc1CC3)C(=O)NC1(CNC1)C2. The van der Waals surface area contributed by atoms with E-state index >= 15 is 0 Å². The molecule has 0 unspecified atom stereocenters.